The van der Waals surface area contributed by atoms with E-state index in [4.69, 9.17) is 11.6 Å². The van der Waals surface area contributed by atoms with Crippen LogP contribution in [0.1, 0.15) is 23.7 Å². The molecule has 23 heavy (non-hydrogen) atoms. The van der Waals surface area contributed by atoms with Crippen molar-refractivity contribution in [3.63, 3.8) is 0 Å². The fraction of sp³-hybridized carbons (Fsp3) is 0.250. The number of benzene rings is 1. The molecule has 1 amide bonds. The quantitative estimate of drug-likeness (QED) is 0.681. The summed E-state index contributed by atoms with van der Waals surface area (Å²) < 4.78 is 0.781. The average molecular weight is 366 g/mol. The van der Waals surface area contributed by atoms with Gasteiger partial charge in [-0.3, -0.25) is 4.79 Å². The van der Waals surface area contributed by atoms with E-state index in [0.29, 0.717) is 5.75 Å². The molecule has 2 N–H and O–H groups in total. The first-order valence-corrected chi connectivity index (χ1v) is 9.52. The number of thioether (sulfide) groups is 1. The first-order valence-electron chi connectivity index (χ1n) is 7.18. The number of carbonyl (C=O) groups excluding carboxylic acids is 1. The van der Waals surface area contributed by atoms with Crippen molar-refractivity contribution in [2.45, 2.75) is 18.7 Å². The van der Waals surface area contributed by atoms with Gasteiger partial charge in [0, 0.05) is 10.6 Å². The van der Waals surface area contributed by atoms with Crippen LogP contribution >= 0.6 is 34.7 Å². The predicted molar refractivity (Wildman–Crippen MR) is 98.1 cm³/mol. The SMILES string of the molecule is C[C@H](NC(=O)CSCc1ccc(Cl)s1)c1nc2ccccc2[nH]1. The van der Waals surface area contributed by atoms with Gasteiger partial charge >= 0.3 is 0 Å². The smallest absolute Gasteiger partial charge is 0.230 e. The number of halogens is 1. The number of imidazole rings is 1. The van der Waals surface area contributed by atoms with Gasteiger partial charge in [-0.2, -0.15) is 0 Å². The molecule has 2 aromatic heterocycles. The van der Waals surface area contributed by atoms with Crippen LogP contribution in [0.3, 0.4) is 0 Å². The lowest BCUT2D eigenvalue weighted by atomic mass is 10.3. The summed E-state index contributed by atoms with van der Waals surface area (Å²) in [7, 11) is 0. The van der Waals surface area contributed by atoms with Gasteiger partial charge in [-0.15, -0.1) is 23.1 Å². The highest BCUT2D eigenvalue weighted by Crippen LogP contribution is 2.25. The first-order chi connectivity index (χ1) is 11.1. The van der Waals surface area contributed by atoms with E-state index in [0.717, 1.165) is 26.9 Å². The van der Waals surface area contributed by atoms with Crippen LogP contribution in [0.2, 0.25) is 4.34 Å². The predicted octanol–water partition coefficient (Wildman–Crippen LogP) is 4.39. The molecule has 0 aliphatic rings. The standard InChI is InChI=1S/C16H16ClN3OS2/c1-10(16-19-12-4-2-3-5-13(12)20-16)18-15(21)9-22-8-11-6-7-14(17)23-11/h2-7,10H,8-9H2,1H3,(H,18,21)(H,19,20)/t10-/m0/s1. The van der Waals surface area contributed by atoms with Gasteiger partial charge in [0.25, 0.3) is 0 Å². The molecule has 0 saturated heterocycles. The minimum atomic E-state index is -0.147. The summed E-state index contributed by atoms with van der Waals surface area (Å²) in [5.41, 5.74) is 1.89. The zero-order chi connectivity index (χ0) is 16.2. The van der Waals surface area contributed by atoms with Crippen LogP contribution in [-0.2, 0) is 10.5 Å². The van der Waals surface area contributed by atoms with Crippen LogP contribution in [0, 0.1) is 0 Å². The maximum Gasteiger partial charge on any atom is 0.230 e. The van der Waals surface area contributed by atoms with Gasteiger partial charge in [0.1, 0.15) is 5.82 Å². The summed E-state index contributed by atoms with van der Waals surface area (Å²) in [6.45, 7) is 1.93. The molecule has 1 atom stereocenters. The van der Waals surface area contributed by atoms with Crippen molar-refractivity contribution in [3.8, 4) is 0 Å². The van der Waals surface area contributed by atoms with Crippen molar-refractivity contribution in [2.24, 2.45) is 0 Å². The lowest BCUT2D eigenvalue weighted by Crippen LogP contribution is -2.28. The summed E-state index contributed by atoms with van der Waals surface area (Å²) >= 11 is 9.02. The highest BCUT2D eigenvalue weighted by atomic mass is 35.5. The Kier molecular flexibility index (Phi) is 5.25. The molecular formula is C16H16ClN3OS2. The third-order valence-corrected chi connectivity index (χ3v) is 5.70. The number of para-hydroxylation sites is 2. The van der Waals surface area contributed by atoms with E-state index in [9.17, 15) is 4.79 Å². The maximum absolute atomic E-state index is 12.0. The number of hydrogen-bond donors (Lipinski definition) is 2. The number of rotatable bonds is 6. The Labute approximate surface area is 147 Å². The fourth-order valence-electron chi connectivity index (χ4n) is 2.20. The molecule has 120 valence electrons. The summed E-state index contributed by atoms with van der Waals surface area (Å²) in [5.74, 6) is 1.99. The third kappa shape index (κ3) is 4.28. The number of nitrogens with zero attached hydrogens (tertiary/aromatic N) is 1. The van der Waals surface area contributed by atoms with Crippen molar-refractivity contribution in [3.05, 3.63) is 51.4 Å². The van der Waals surface area contributed by atoms with Crippen LogP contribution in [-0.4, -0.2) is 21.6 Å². The normalized spacial score (nSPS) is 12.4. The molecule has 4 nitrogen and oxygen atoms in total. The second-order valence-corrected chi connectivity index (χ2v) is 7.91. The molecule has 0 unspecified atom stereocenters. The monoisotopic (exact) mass is 365 g/mol. The molecule has 3 rings (SSSR count). The number of thiophene rings is 1. The molecule has 0 fully saturated rings. The molecule has 0 bridgehead atoms. The Hall–Kier alpha value is -1.50. The number of nitrogens with one attached hydrogen (secondary N) is 2. The Morgan fingerprint density at radius 3 is 2.96 bits per heavy atom. The van der Waals surface area contributed by atoms with Crippen LogP contribution in [0.25, 0.3) is 11.0 Å². The van der Waals surface area contributed by atoms with Crippen LogP contribution in [0.5, 0.6) is 0 Å². The minimum absolute atomic E-state index is 0.00519. The number of aromatic nitrogens is 2. The van der Waals surface area contributed by atoms with Gasteiger partial charge in [0.2, 0.25) is 5.91 Å². The maximum atomic E-state index is 12.0. The van der Waals surface area contributed by atoms with Crippen molar-refractivity contribution in [2.75, 3.05) is 5.75 Å². The summed E-state index contributed by atoms with van der Waals surface area (Å²) in [4.78, 5) is 21.0. The number of amides is 1. The molecule has 0 radical (unpaired) electrons. The van der Waals surface area contributed by atoms with E-state index < -0.39 is 0 Å². The molecule has 7 heteroatoms. The zero-order valence-corrected chi connectivity index (χ0v) is 14.9. The summed E-state index contributed by atoms with van der Waals surface area (Å²) in [6, 6.07) is 11.6. The zero-order valence-electron chi connectivity index (χ0n) is 12.5. The summed E-state index contributed by atoms with van der Waals surface area (Å²) in [6.07, 6.45) is 0. The summed E-state index contributed by atoms with van der Waals surface area (Å²) in [5, 5.41) is 2.97. The van der Waals surface area contributed by atoms with E-state index >= 15 is 0 Å². The van der Waals surface area contributed by atoms with Gasteiger partial charge in [0.05, 0.1) is 27.2 Å². The topological polar surface area (TPSA) is 57.8 Å². The number of fused-ring (bicyclic) bond motifs is 1. The Balaban J connectivity index is 1.50. The van der Waals surface area contributed by atoms with Gasteiger partial charge in [0.15, 0.2) is 0 Å². The second kappa shape index (κ2) is 7.38. The number of H-pyrrole nitrogens is 1. The number of carbonyl (C=O) groups is 1. The Morgan fingerprint density at radius 1 is 1.39 bits per heavy atom. The molecule has 2 heterocycles. The highest BCUT2D eigenvalue weighted by molar-refractivity contribution is 7.99. The van der Waals surface area contributed by atoms with Crippen LogP contribution < -0.4 is 5.32 Å². The van der Waals surface area contributed by atoms with E-state index in [1.807, 2.05) is 43.3 Å². The lowest BCUT2D eigenvalue weighted by Gasteiger charge is -2.11. The van der Waals surface area contributed by atoms with Crippen molar-refractivity contribution in [1.29, 1.82) is 0 Å². The molecular weight excluding hydrogens is 350 g/mol. The minimum Gasteiger partial charge on any atom is -0.346 e. The molecule has 0 spiro atoms. The van der Waals surface area contributed by atoms with E-state index in [1.54, 1.807) is 23.1 Å². The lowest BCUT2D eigenvalue weighted by molar-refractivity contribution is -0.119. The highest BCUT2D eigenvalue weighted by Gasteiger charge is 2.13. The van der Waals surface area contributed by atoms with Crippen LogP contribution in [0.15, 0.2) is 36.4 Å². The van der Waals surface area contributed by atoms with Crippen LogP contribution in [0.4, 0.5) is 0 Å². The molecule has 1 aromatic carbocycles. The number of hydrogen-bond acceptors (Lipinski definition) is 4. The van der Waals surface area contributed by atoms with Crippen molar-refractivity contribution < 1.29 is 4.79 Å². The van der Waals surface area contributed by atoms with Crippen molar-refractivity contribution in [1.82, 2.24) is 15.3 Å². The van der Waals surface area contributed by atoms with Gasteiger partial charge in [-0.25, -0.2) is 4.98 Å². The van der Waals surface area contributed by atoms with E-state index in [2.05, 4.69) is 15.3 Å². The largest absolute Gasteiger partial charge is 0.346 e. The molecule has 0 aliphatic heterocycles. The van der Waals surface area contributed by atoms with Gasteiger partial charge < -0.3 is 10.3 Å². The van der Waals surface area contributed by atoms with Crippen molar-refractivity contribution >= 4 is 51.6 Å². The van der Waals surface area contributed by atoms with E-state index in [-0.39, 0.29) is 11.9 Å². The van der Waals surface area contributed by atoms with Gasteiger partial charge in [-0.1, -0.05) is 23.7 Å². The number of aromatic amines is 1. The molecule has 0 aliphatic carbocycles. The first kappa shape index (κ1) is 16.4. The molecule has 0 saturated carbocycles. The second-order valence-electron chi connectivity index (χ2n) is 5.13. The van der Waals surface area contributed by atoms with Gasteiger partial charge in [-0.05, 0) is 31.2 Å². The Bertz CT molecular complexity index is 781. The Morgan fingerprint density at radius 2 is 2.22 bits per heavy atom. The fourth-order valence-corrected chi connectivity index (χ4v) is 4.24. The average Bonchev–Trinajstić information content (AvgIpc) is 3.13. The van der Waals surface area contributed by atoms with E-state index in [1.165, 1.54) is 4.88 Å². The third-order valence-electron chi connectivity index (χ3n) is 3.30. The molecule has 3 aromatic rings.